The average molecular weight is 437 g/mol. The van der Waals surface area contributed by atoms with Crippen molar-refractivity contribution in [3.8, 4) is 23.0 Å². The lowest BCUT2D eigenvalue weighted by atomic mass is 10.1. The Hall–Kier alpha value is -3.51. The third-order valence-electron chi connectivity index (χ3n) is 4.73. The molecule has 0 aliphatic carbocycles. The third kappa shape index (κ3) is 4.64. The van der Waals surface area contributed by atoms with E-state index >= 15 is 0 Å². The maximum atomic E-state index is 12.3. The van der Waals surface area contributed by atoms with Crippen LogP contribution in [-0.4, -0.2) is 24.6 Å². The number of oxazole rings is 1. The zero-order chi connectivity index (χ0) is 22.0. The molecule has 6 nitrogen and oxygen atoms in total. The van der Waals surface area contributed by atoms with Crippen LogP contribution < -0.4 is 14.8 Å². The van der Waals surface area contributed by atoms with Gasteiger partial charge in [0.15, 0.2) is 12.2 Å². The summed E-state index contributed by atoms with van der Waals surface area (Å²) in [7, 11) is 1.59. The van der Waals surface area contributed by atoms with Crippen molar-refractivity contribution in [2.45, 2.75) is 13.8 Å². The number of carbonyl (C=O) groups excluding carboxylic acids is 1. The van der Waals surface area contributed by atoms with Crippen molar-refractivity contribution in [2.75, 3.05) is 19.0 Å². The van der Waals surface area contributed by atoms with Gasteiger partial charge in [-0.25, -0.2) is 4.98 Å². The number of aromatic nitrogens is 1. The monoisotopic (exact) mass is 436 g/mol. The Labute approximate surface area is 184 Å². The number of fused-ring (bicyclic) bond motifs is 1. The summed E-state index contributed by atoms with van der Waals surface area (Å²) in [6.07, 6.45) is 0. The number of aryl methyl sites for hydroxylation is 2. The smallest absolute Gasteiger partial charge is 0.262 e. The van der Waals surface area contributed by atoms with Crippen LogP contribution in [0.4, 0.5) is 5.69 Å². The van der Waals surface area contributed by atoms with Gasteiger partial charge in [0.05, 0.1) is 17.7 Å². The predicted molar refractivity (Wildman–Crippen MR) is 121 cm³/mol. The summed E-state index contributed by atoms with van der Waals surface area (Å²) in [6, 6.07) is 16.2. The molecule has 0 spiro atoms. The Kier molecular flexibility index (Phi) is 5.82. The molecule has 0 radical (unpaired) electrons. The number of rotatable bonds is 6. The fourth-order valence-corrected chi connectivity index (χ4v) is 3.48. The quantitative estimate of drug-likeness (QED) is 0.414. The molecule has 3 aromatic carbocycles. The molecule has 0 saturated heterocycles. The molecule has 158 valence electrons. The van der Waals surface area contributed by atoms with Gasteiger partial charge in [-0.1, -0.05) is 17.7 Å². The molecular formula is C24H21ClN2O4. The molecule has 0 atom stereocenters. The van der Waals surface area contributed by atoms with Crippen molar-refractivity contribution in [1.82, 2.24) is 4.98 Å². The highest BCUT2D eigenvalue weighted by atomic mass is 35.5. The van der Waals surface area contributed by atoms with Crippen molar-refractivity contribution in [3.05, 3.63) is 70.7 Å². The Bertz CT molecular complexity index is 1250. The summed E-state index contributed by atoms with van der Waals surface area (Å²) in [5.41, 5.74) is 4.77. The standard InChI is InChI=1S/C24H21ClN2O4/c1-14-10-15(2)23-21(11-14)27-24(31-23)19-12-16(4-9-20(19)25)26-22(28)13-30-18-7-5-17(29-3)6-8-18/h4-12H,13H2,1-3H3,(H,26,28). The molecule has 31 heavy (non-hydrogen) atoms. The van der Waals surface area contributed by atoms with E-state index in [2.05, 4.69) is 10.3 Å². The molecule has 0 bridgehead atoms. The highest BCUT2D eigenvalue weighted by Gasteiger charge is 2.15. The highest BCUT2D eigenvalue weighted by Crippen LogP contribution is 2.33. The van der Waals surface area contributed by atoms with E-state index in [1.165, 1.54) is 0 Å². The second-order valence-electron chi connectivity index (χ2n) is 7.16. The van der Waals surface area contributed by atoms with E-state index in [9.17, 15) is 4.79 Å². The summed E-state index contributed by atoms with van der Waals surface area (Å²) < 4.78 is 16.6. The minimum absolute atomic E-state index is 0.133. The number of amides is 1. The first-order chi connectivity index (χ1) is 14.9. The zero-order valence-electron chi connectivity index (χ0n) is 17.4. The molecule has 7 heteroatoms. The lowest BCUT2D eigenvalue weighted by Gasteiger charge is -2.09. The molecule has 1 amide bonds. The van der Waals surface area contributed by atoms with Crippen molar-refractivity contribution in [1.29, 1.82) is 0 Å². The second kappa shape index (κ2) is 8.70. The molecule has 1 heterocycles. The van der Waals surface area contributed by atoms with Crippen molar-refractivity contribution >= 4 is 34.3 Å². The molecule has 0 unspecified atom stereocenters. The van der Waals surface area contributed by atoms with Gasteiger partial charge in [-0.15, -0.1) is 0 Å². The van der Waals surface area contributed by atoms with Crippen molar-refractivity contribution in [2.24, 2.45) is 0 Å². The molecule has 0 aliphatic rings. The van der Waals surface area contributed by atoms with Gasteiger partial charge in [0.1, 0.15) is 17.0 Å². The molecule has 0 aliphatic heterocycles. The minimum Gasteiger partial charge on any atom is -0.497 e. The number of halogens is 1. The summed E-state index contributed by atoms with van der Waals surface area (Å²) in [5.74, 6) is 1.40. The van der Waals surface area contributed by atoms with Crippen LogP contribution in [0.1, 0.15) is 11.1 Å². The van der Waals surface area contributed by atoms with E-state index in [0.717, 1.165) is 28.0 Å². The summed E-state index contributed by atoms with van der Waals surface area (Å²) >= 11 is 6.38. The molecule has 1 aromatic heterocycles. The lowest BCUT2D eigenvalue weighted by Crippen LogP contribution is -2.20. The van der Waals surface area contributed by atoms with Crippen molar-refractivity contribution in [3.63, 3.8) is 0 Å². The van der Waals surface area contributed by atoms with Crippen LogP contribution in [0.25, 0.3) is 22.6 Å². The van der Waals surface area contributed by atoms with Crippen LogP contribution in [0.5, 0.6) is 11.5 Å². The molecular weight excluding hydrogens is 416 g/mol. The molecule has 4 rings (SSSR count). The lowest BCUT2D eigenvalue weighted by molar-refractivity contribution is -0.118. The molecule has 0 saturated carbocycles. The van der Waals surface area contributed by atoms with Gasteiger partial charge in [-0.05, 0) is 73.5 Å². The minimum atomic E-state index is -0.298. The number of carbonyl (C=O) groups is 1. The number of nitrogens with one attached hydrogen (secondary N) is 1. The Morgan fingerprint density at radius 1 is 1.06 bits per heavy atom. The summed E-state index contributed by atoms with van der Waals surface area (Å²) in [4.78, 5) is 16.9. The van der Waals surface area contributed by atoms with Crippen LogP contribution in [0.2, 0.25) is 5.02 Å². The first-order valence-electron chi connectivity index (χ1n) is 9.67. The second-order valence-corrected chi connectivity index (χ2v) is 7.56. The number of nitrogens with zero attached hydrogens (tertiary/aromatic N) is 1. The maximum absolute atomic E-state index is 12.3. The van der Waals surface area contributed by atoms with Crippen LogP contribution in [-0.2, 0) is 4.79 Å². The highest BCUT2D eigenvalue weighted by molar-refractivity contribution is 6.33. The number of methoxy groups -OCH3 is 1. The largest absolute Gasteiger partial charge is 0.497 e. The van der Waals surface area contributed by atoms with Crippen LogP contribution in [0, 0.1) is 13.8 Å². The molecule has 4 aromatic rings. The number of hydrogen-bond acceptors (Lipinski definition) is 5. The van der Waals surface area contributed by atoms with E-state index in [1.807, 2.05) is 26.0 Å². The number of anilines is 1. The first-order valence-corrected chi connectivity index (χ1v) is 10.0. The van der Waals surface area contributed by atoms with E-state index in [1.54, 1.807) is 49.6 Å². The maximum Gasteiger partial charge on any atom is 0.262 e. The number of benzene rings is 3. The predicted octanol–water partition coefficient (Wildman–Crippen LogP) is 5.79. The fourth-order valence-electron chi connectivity index (χ4n) is 3.28. The SMILES string of the molecule is COc1ccc(OCC(=O)Nc2ccc(Cl)c(-c3nc4cc(C)cc(C)c4o3)c2)cc1. The zero-order valence-corrected chi connectivity index (χ0v) is 18.1. The summed E-state index contributed by atoms with van der Waals surface area (Å²) in [5, 5.41) is 3.29. The molecule has 0 fully saturated rings. The topological polar surface area (TPSA) is 73.6 Å². The Balaban J connectivity index is 1.49. The number of hydrogen-bond donors (Lipinski definition) is 1. The Morgan fingerprint density at radius 2 is 1.81 bits per heavy atom. The average Bonchev–Trinajstić information content (AvgIpc) is 3.18. The van der Waals surface area contributed by atoms with Crippen LogP contribution in [0.15, 0.2) is 59.0 Å². The van der Waals surface area contributed by atoms with Gasteiger partial charge in [-0.2, -0.15) is 0 Å². The summed E-state index contributed by atoms with van der Waals surface area (Å²) in [6.45, 7) is 3.86. The Morgan fingerprint density at radius 3 is 2.55 bits per heavy atom. The fraction of sp³-hybridized carbons (Fsp3) is 0.167. The van der Waals surface area contributed by atoms with Gasteiger partial charge in [0.25, 0.3) is 5.91 Å². The van der Waals surface area contributed by atoms with E-state index in [4.69, 9.17) is 25.5 Å². The van der Waals surface area contributed by atoms with Crippen LogP contribution >= 0.6 is 11.6 Å². The molecule has 1 N–H and O–H groups in total. The van der Waals surface area contributed by atoms with E-state index in [0.29, 0.717) is 27.9 Å². The van der Waals surface area contributed by atoms with Gasteiger partial charge < -0.3 is 19.2 Å². The van der Waals surface area contributed by atoms with Gasteiger partial charge in [0, 0.05) is 5.69 Å². The van der Waals surface area contributed by atoms with Gasteiger partial charge in [0.2, 0.25) is 5.89 Å². The van der Waals surface area contributed by atoms with E-state index in [-0.39, 0.29) is 12.5 Å². The van der Waals surface area contributed by atoms with Gasteiger partial charge in [-0.3, -0.25) is 4.79 Å². The van der Waals surface area contributed by atoms with E-state index < -0.39 is 0 Å². The third-order valence-corrected chi connectivity index (χ3v) is 5.06. The van der Waals surface area contributed by atoms with Crippen LogP contribution in [0.3, 0.4) is 0 Å². The number of ether oxygens (including phenoxy) is 2. The first kappa shape index (κ1) is 20.8. The van der Waals surface area contributed by atoms with Gasteiger partial charge >= 0.3 is 0 Å². The normalized spacial score (nSPS) is 10.8. The van der Waals surface area contributed by atoms with Crippen molar-refractivity contribution < 1.29 is 18.7 Å².